The molecule has 4 nitrogen and oxygen atoms in total. The van der Waals surface area contributed by atoms with Gasteiger partial charge >= 0.3 is 0 Å². The molecule has 0 spiro atoms. The van der Waals surface area contributed by atoms with Crippen molar-refractivity contribution in [2.75, 3.05) is 19.0 Å². The van der Waals surface area contributed by atoms with Gasteiger partial charge < -0.3 is 9.80 Å². The monoisotopic (exact) mass is 327 g/mol. The van der Waals surface area contributed by atoms with E-state index in [4.69, 9.17) is 0 Å². The molecule has 1 aliphatic carbocycles. The second kappa shape index (κ2) is 6.59. The molecule has 3 rings (SSSR count). The number of anilines is 1. The zero-order chi connectivity index (χ0) is 17.3. The average molecular weight is 327 g/mol. The summed E-state index contributed by atoms with van der Waals surface area (Å²) in [6.07, 6.45) is 3.58. The summed E-state index contributed by atoms with van der Waals surface area (Å²) >= 11 is 0. The lowest BCUT2D eigenvalue weighted by Gasteiger charge is -2.30. The maximum atomic E-state index is 14.2. The van der Waals surface area contributed by atoms with Gasteiger partial charge in [-0.1, -0.05) is 18.2 Å². The summed E-state index contributed by atoms with van der Waals surface area (Å²) in [5.41, 5.74) is 1.14. The zero-order valence-electron chi connectivity index (χ0n) is 14.2. The van der Waals surface area contributed by atoms with Crippen molar-refractivity contribution >= 4 is 11.7 Å². The van der Waals surface area contributed by atoms with Crippen molar-refractivity contribution in [3.05, 3.63) is 59.5 Å². The molecule has 1 saturated carbocycles. The van der Waals surface area contributed by atoms with Gasteiger partial charge in [0.1, 0.15) is 11.6 Å². The highest BCUT2D eigenvalue weighted by atomic mass is 19.1. The van der Waals surface area contributed by atoms with Crippen molar-refractivity contribution in [2.24, 2.45) is 0 Å². The Bertz CT molecular complexity index is 743. The SMILES string of the molecule is C[C@@H](c1ccccc1F)N(C(=O)c1ccnc(N(C)C)c1)C1CC1. The standard InChI is InChI=1S/C19H22FN3O/c1-13(16-6-4-5-7-17(16)20)23(15-8-9-15)19(24)14-10-11-21-18(12-14)22(2)3/h4-7,10-13,15H,8-9H2,1-3H3/t13-/m0/s1. The van der Waals surface area contributed by atoms with Crippen LogP contribution in [0.5, 0.6) is 0 Å². The number of halogens is 1. The van der Waals surface area contributed by atoms with Gasteiger partial charge in [-0.25, -0.2) is 9.37 Å². The molecule has 1 atom stereocenters. The number of nitrogens with zero attached hydrogens (tertiary/aromatic N) is 3. The van der Waals surface area contributed by atoms with E-state index in [1.807, 2.05) is 30.8 Å². The Labute approximate surface area is 141 Å². The predicted molar refractivity (Wildman–Crippen MR) is 92.6 cm³/mol. The van der Waals surface area contributed by atoms with E-state index in [1.165, 1.54) is 6.07 Å². The van der Waals surface area contributed by atoms with Crippen LogP contribution in [-0.2, 0) is 0 Å². The summed E-state index contributed by atoms with van der Waals surface area (Å²) in [7, 11) is 3.77. The molecule has 0 N–H and O–H groups in total. The summed E-state index contributed by atoms with van der Waals surface area (Å²) in [5, 5.41) is 0. The molecule has 0 saturated heterocycles. The van der Waals surface area contributed by atoms with Crippen LogP contribution < -0.4 is 4.90 Å². The number of aromatic nitrogens is 1. The Morgan fingerprint density at radius 3 is 2.58 bits per heavy atom. The minimum absolute atomic E-state index is 0.0706. The Morgan fingerprint density at radius 1 is 1.25 bits per heavy atom. The van der Waals surface area contributed by atoms with Gasteiger partial charge in [0.2, 0.25) is 0 Å². The number of benzene rings is 1. The van der Waals surface area contributed by atoms with E-state index in [0.29, 0.717) is 11.1 Å². The Hall–Kier alpha value is -2.43. The van der Waals surface area contributed by atoms with Crippen LogP contribution in [0.1, 0.15) is 41.7 Å². The van der Waals surface area contributed by atoms with E-state index in [1.54, 1.807) is 36.5 Å². The molecule has 0 aliphatic heterocycles. The molecule has 24 heavy (non-hydrogen) atoms. The first-order chi connectivity index (χ1) is 11.5. The third kappa shape index (κ3) is 3.25. The van der Waals surface area contributed by atoms with Crippen LogP contribution in [0.3, 0.4) is 0 Å². The van der Waals surface area contributed by atoms with Gasteiger partial charge in [-0.05, 0) is 38.0 Å². The van der Waals surface area contributed by atoms with E-state index in [0.717, 1.165) is 18.7 Å². The summed E-state index contributed by atoms with van der Waals surface area (Å²) < 4.78 is 14.2. The molecule has 1 aliphatic rings. The summed E-state index contributed by atoms with van der Waals surface area (Å²) in [5.74, 6) is 0.390. The number of amides is 1. The molecule has 0 unspecified atom stereocenters. The normalized spacial score (nSPS) is 15.0. The number of rotatable bonds is 5. The zero-order valence-corrected chi connectivity index (χ0v) is 14.2. The molecule has 1 heterocycles. The van der Waals surface area contributed by atoms with Crippen LogP contribution in [0.2, 0.25) is 0 Å². The van der Waals surface area contributed by atoms with E-state index in [-0.39, 0.29) is 23.8 Å². The topological polar surface area (TPSA) is 36.4 Å². The van der Waals surface area contributed by atoms with Gasteiger partial charge in [-0.2, -0.15) is 0 Å². The maximum absolute atomic E-state index is 14.2. The van der Waals surface area contributed by atoms with Crippen LogP contribution in [0, 0.1) is 5.82 Å². The molecule has 0 radical (unpaired) electrons. The fraction of sp³-hybridized carbons (Fsp3) is 0.368. The van der Waals surface area contributed by atoms with Crippen molar-refractivity contribution < 1.29 is 9.18 Å². The van der Waals surface area contributed by atoms with E-state index >= 15 is 0 Å². The minimum atomic E-state index is -0.304. The molecule has 0 bridgehead atoms. The molecular weight excluding hydrogens is 305 g/mol. The van der Waals surface area contributed by atoms with Crippen molar-refractivity contribution in [1.82, 2.24) is 9.88 Å². The molecular formula is C19H22FN3O. The first-order valence-electron chi connectivity index (χ1n) is 8.19. The number of hydrogen-bond acceptors (Lipinski definition) is 3. The van der Waals surface area contributed by atoms with E-state index in [2.05, 4.69) is 4.98 Å². The van der Waals surface area contributed by atoms with Crippen LogP contribution >= 0.6 is 0 Å². The van der Waals surface area contributed by atoms with Gasteiger partial charge in [0.15, 0.2) is 0 Å². The lowest BCUT2D eigenvalue weighted by molar-refractivity contribution is 0.0671. The van der Waals surface area contributed by atoms with Crippen molar-refractivity contribution in [3.63, 3.8) is 0 Å². The molecule has 1 amide bonds. The number of carbonyl (C=O) groups is 1. The van der Waals surface area contributed by atoms with Gasteiger partial charge in [-0.3, -0.25) is 4.79 Å². The minimum Gasteiger partial charge on any atom is -0.363 e. The number of pyridine rings is 1. The Kier molecular flexibility index (Phi) is 4.51. The second-order valence-corrected chi connectivity index (χ2v) is 6.44. The van der Waals surface area contributed by atoms with Gasteiger partial charge in [0.25, 0.3) is 5.91 Å². The highest BCUT2D eigenvalue weighted by Gasteiger charge is 2.37. The van der Waals surface area contributed by atoms with Crippen molar-refractivity contribution in [2.45, 2.75) is 31.8 Å². The summed E-state index contributed by atoms with van der Waals surface area (Å²) in [6, 6.07) is 10.1. The number of carbonyl (C=O) groups excluding carboxylic acids is 1. The molecule has 5 heteroatoms. The average Bonchev–Trinajstić information content (AvgIpc) is 3.40. The second-order valence-electron chi connectivity index (χ2n) is 6.44. The molecule has 1 aromatic carbocycles. The van der Waals surface area contributed by atoms with Crippen LogP contribution in [0.15, 0.2) is 42.6 Å². The highest BCUT2D eigenvalue weighted by Crippen LogP contribution is 2.36. The van der Waals surface area contributed by atoms with E-state index in [9.17, 15) is 9.18 Å². The number of hydrogen-bond donors (Lipinski definition) is 0. The lowest BCUT2D eigenvalue weighted by atomic mass is 10.0. The van der Waals surface area contributed by atoms with E-state index < -0.39 is 0 Å². The van der Waals surface area contributed by atoms with Crippen molar-refractivity contribution in [3.8, 4) is 0 Å². The van der Waals surface area contributed by atoms with Gasteiger partial charge in [-0.15, -0.1) is 0 Å². The maximum Gasteiger partial charge on any atom is 0.254 e. The molecule has 2 aromatic rings. The smallest absolute Gasteiger partial charge is 0.254 e. The van der Waals surface area contributed by atoms with Crippen LogP contribution in [0.4, 0.5) is 10.2 Å². The largest absolute Gasteiger partial charge is 0.363 e. The third-order valence-electron chi connectivity index (χ3n) is 4.40. The lowest BCUT2D eigenvalue weighted by Crippen LogP contribution is -2.36. The van der Waals surface area contributed by atoms with Crippen molar-refractivity contribution in [1.29, 1.82) is 0 Å². The predicted octanol–water partition coefficient (Wildman–Crippen LogP) is 3.65. The Morgan fingerprint density at radius 2 is 1.96 bits per heavy atom. The first kappa shape index (κ1) is 16.4. The van der Waals surface area contributed by atoms with Gasteiger partial charge in [0, 0.05) is 37.5 Å². The van der Waals surface area contributed by atoms with Gasteiger partial charge in [0.05, 0.1) is 6.04 Å². The fourth-order valence-electron chi connectivity index (χ4n) is 2.92. The highest BCUT2D eigenvalue weighted by molar-refractivity contribution is 5.95. The third-order valence-corrected chi connectivity index (χ3v) is 4.40. The Balaban J connectivity index is 1.92. The quantitative estimate of drug-likeness (QED) is 0.841. The molecule has 1 fully saturated rings. The fourth-order valence-corrected chi connectivity index (χ4v) is 2.92. The van der Waals surface area contributed by atoms with Crippen LogP contribution in [-0.4, -0.2) is 35.9 Å². The molecule has 1 aromatic heterocycles. The van der Waals surface area contributed by atoms with Crippen LogP contribution in [0.25, 0.3) is 0 Å². The summed E-state index contributed by atoms with van der Waals surface area (Å²) in [4.78, 5) is 21.0. The summed E-state index contributed by atoms with van der Waals surface area (Å²) in [6.45, 7) is 1.89. The first-order valence-corrected chi connectivity index (χ1v) is 8.19. The molecule has 126 valence electrons.